The maximum absolute atomic E-state index is 5.85. The quantitative estimate of drug-likeness (QED) is 0.495. The van der Waals surface area contributed by atoms with E-state index in [1.807, 2.05) is 60.8 Å². The Hall–Kier alpha value is -4.07. The normalized spacial score (nSPS) is 12.4. The van der Waals surface area contributed by atoms with Crippen molar-refractivity contribution in [3.05, 3.63) is 72.6 Å². The van der Waals surface area contributed by atoms with Gasteiger partial charge in [0.2, 0.25) is 0 Å². The van der Waals surface area contributed by atoms with Crippen LogP contribution in [-0.2, 0) is 6.54 Å². The van der Waals surface area contributed by atoms with Gasteiger partial charge in [-0.05, 0) is 35.9 Å². The molecular weight excluding hydrogens is 382 g/mol. The second kappa shape index (κ2) is 8.12. The summed E-state index contributed by atoms with van der Waals surface area (Å²) in [7, 11) is 0. The highest BCUT2D eigenvalue weighted by molar-refractivity contribution is 5.72. The lowest BCUT2D eigenvalue weighted by atomic mass is 10.1. The molecule has 0 spiro atoms. The molecule has 30 heavy (non-hydrogen) atoms. The maximum atomic E-state index is 5.85. The van der Waals surface area contributed by atoms with Crippen LogP contribution in [0.4, 0.5) is 17.4 Å². The second-order valence-corrected chi connectivity index (χ2v) is 6.66. The minimum atomic E-state index is 0.295. The highest BCUT2D eigenvalue weighted by atomic mass is 16.6. The molecule has 0 radical (unpaired) electrons. The Morgan fingerprint density at radius 1 is 0.900 bits per heavy atom. The topological polar surface area (TPSA) is 94.3 Å². The number of anilines is 3. The summed E-state index contributed by atoms with van der Waals surface area (Å²) in [6.07, 6.45) is 3.59. The van der Waals surface area contributed by atoms with Crippen LogP contribution in [-0.4, -0.2) is 28.4 Å². The number of benzene rings is 2. The number of ether oxygens (including phenoxy) is 2. The van der Waals surface area contributed by atoms with Crippen LogP contribution in [0.3, 0.4) is 0 Å². The number of fused-ring (bicyclic) bond motifs is 1. The molecule has 0 unspecified atom stereocenters. The largest absolute Gasteiger partial charge is 0.486 e. The zero-order chi connectivity index (χ0) is 20.2. The van der Waals surface area contributed by atoms with Crippen LogP contribution < -0.4 is 20.1 Å². The predicted molar refractivity (Wildman–Crippen MR) is 112 cm³/mol. The van der Waals surface area contributed by atoms with Crippen LogP contribution >= 0.6 is 0 Å². The summed E-state index contributed by atoms with van der Waals surface area (Å²) in [4.78, 5) is 4.14. The van der Waals surface area contributed by atoms with Gasteiger partial charge in [-0.25, -0.2) is 0 Å². The molecule has 0 saturated heterocycles. The molecule has 2 aromatic carbocycles. The van der Waals surface area contributed by atoms with Gasteiger partial charge in [0.1, 0.15) is 13.2 Å². The van der Waals surface area contributed by atoms with Crippen molar-refractivity contribution in [2.24, 2.45) is 0 Å². The molecule has 0 fully saturated rings. The van der Waals surface area contributed by atoms with Crippen LogP contribution in [0.2, 0.25) is 0 Å². The molecule has 3 heterocycles. The number of nitrogens with one attached hydrogen (secondary N) is 2. The fourth-order valence-electron chi connectivity index (χ4n) is 3.15. The molecule has 1 aliphatic rings. The SMILES string of the molecule is c1cncc(CNc2ccccc2-c2nnc(Nc3ccc4c(c3)OCCO4)o2)c1. The van der Waals surface area contributed by atoms with Gasteiger partial charge in [-0.1, -0.05) is 23.3 Å². The number of hydrogen-bond donors (Lipinski definition) is 2. The highest BCUT2D eigenvalue weighted by Crippen LogP contribution is 2.34. The van der Waals surface area contributed by atoms with Crippen LogP contribution in [0.25, 0.3) is 11.5 Å². The Balaban J connectivity index is 1.33. The van der Waals surface area contributed by atoms with Gasteiger partial charge in [0.15, 0.2) is 11.5 Å². The first-order chi connectivity index (χ1) is 14.8. The van der Waals surface area contributed by atoms with E-state index in [1.54, 1.807) is 6.20 Å². The average molecular weight is 401 g/mol. The smallest absolute Gasteiger partial charge is 0.320 e. The van der Waals surface area contributed by atoms with Crippen LogP contribution in [0, 0.1) is 0 Å². The summed E-state index contributed by atoms with van der Waals surface area (Å²) in [5.41, 5.74) is 3.58. The van der Waals surface area contributed by atoms with E-state index in [0.29, 0.717) is 37.4 Å². The van der Waals surface area contributed by atoms with Crippen molar-refractivity contribution in [1.29, 1.82) is 0 Å². The Kier molecular flexibility index (Phi) is 4.87. The highest BCUT2D eigenvalue weighted by Gasteiger charge is 2.15. The first kappa shape index (κ1) is 18.0. The monoisotopic (exact) mass is 401 g/mol. The summed E-state index contributed by atoms with van der Waals surface area (Å²) in [5.74, 6) is 1.84. The van der Waals surface area contributed by atoms with E-state index in [0.717, 1.165) is 28.3 Å². The van der Waals surface area contributed by atoms with Crippen molar-refractivity contribution in [1.82, 2.24) is 15.2 Å². The lowest BCUT2D eigenvalue weighted by Crippen LogP contribution is -2.15. The lowest BCUT2D eigenvalue weighted by molar-refractivity contribution is 0.171. The first-order valence-corrected chi connectivity index (χ1v) is 9.57. The van der Waals surface area contributed by atoms with Crippen LogP contribution in [0.15, 0.2) is 71.4 Å². The molecule has 2 N–H and O–H groups in total. The third-order valence-electron chi connectivity index (χ3n) is 4.58. The Morgan fingerprint density at radius 3 is 2.70 bits per heavy atom. The number of para-hydroxylation sites is 1. The van der Waals surface area contributed by atoms with Crippen LogP contribution in [0.1, 0.15) is 5.56 Å². The summed E-state index contributed by atoms with van der Waals surface area (Å²) in [6, 6.07) is 17.6. The van der Waals surface area contributed by atoms with E-state index in [-0.39, 0.29) is 0 Å². The minimum Gasteiger partial charge on any atom is -0.486 e. The van der Waals surface area contributed by atoms with E-state index in [4.69, 9.17) is 13.9 Å². The minimum absolute atomic E-state index is 0.295. The van der Waals surface area contributed by atoms with Gasteiger partial charge in [0.05, 0.1) is 5.56 Å². The van der Waals surface area contributed by atoms with Crippen molar-refractivity contribution in [2.75, 3.05) is 23.8 Å². The molecule has 2 aromatic heterocycles. The number of rotatable bonds is 6. The third kappa shape index (κ3) is 3.88. The van der Waals surface area contributed by atoms with E-state index in [1.165, 1.54) is 0 Å². The average Bonchev–Trinajstić information content (AvgIpc) is 3.27. The van der Waals surface area contributed by atoms with E-state index < -0.39 is 0 Å². The lowest BCUT2D eigenvalue weighted by Gasteiger charge is -2.18. The maximum Gasteiger partial charge on any atom is 0.320 e. The zero-order valence-electron chi connectivity index (χ0n) is 16.0. The Labute approximate surface area is 172 Å². The number of hydrogen-bond acceptors (Lipinski definition) is 8. The van der Waals surface area contributed by atoms with Gasteiger partial charge < -0.3 is 24.5 Å². The molecule has 0 atom stereocenters. The molecular formula is C22H19N5O3. The molecule has 4 aromatic rings. The fourth-order valence-corrected chi connectivity index (χ4v) is 3.15. The van der Waals surface area contributed by atoms with Gasteiger partial charge in [0.25, 0.3) is 5.89 Å². The van der Waals surface area contributed by atoms with Gasteiger partial charge in [-0.15, -0.1) is 5.10 Å². The van der Waals surface area contributed by atoms with Crippen molar-refractivity contribution in [2.45, 2.75) is 6.54 Å². The van der Waals surface area contributed by atoms with Crippen molar-refractivity contribution >= 4 is 17.4 Å². The van der Waals surface area contributed by atoms with E-state index in [9.17, 15) is 0 Å². The summed E-state index contributed by atoms with van der Waals surface area (Å²) in [6.45, 7) is 1.73. The van der Waals surface area contributed by atoms with E-state index in [2.05, 4.69) is 25.8 Å². The molecule has 150 valence electrons. The molecule has 8 nitrogen and oxygen atoms in total. The van der Waals surface area contributed by atoms with Crippen LogP contribution in [0.5, 0.6) is 11.5 Å². The summed E-state index contributed by atoms with van der Waals surface area (Å²) in [5, 5.41) is 14.8. The fraction of sp³-hybridized carbons (Fsp3) is 0.136. The number of nitrogens with zero attached hydrogens (tertiary/aromatic N) is 3. The van der Waals surface area contributed by atoms with Crippen molar-refractivity contribution < 1.29 is 13.9 Å². The van der Waals surface area contributed by atoms with Gasteiger partial charge in [-0.3, -0.25) is 4.98 Å². The first-order valence-electron chi connectivity index (χ1n) is 9.57. The molecule has 0 amide bonds. The van der Waals surface area contributed by atoms with Crippen molar-refractivity contribution in [3.63, 3.8) is 0 Å². The van der Waals surface area contributed by atoms with Gasteiger partial charge in [-0.2, -0.15) is 0 Å². The molecule has 8 heteroatoms. The molecule has 5 rings (SSSR count). The standard InChI is InChI=1S/C22H19N5O3/c1-2-6-18(24-14-15-4-3-9-23-13-15)17(5-1)21-26-27-22(30-21)25-16-7-8-19-20(12-16)29-11-10-28-19/h1-9,12-13,24H,10-11,14H2,(H,25,27). The van der Waals surface area contributed by atoms with E-state index >= 15 is 0 Å². The molecule has 1 aliphatic heterocycles. The Morgan fingerprint density at radius 2 is 1.80 bits per heavy atom. The third-order valence-corrected chi connectivity index (χ3v) is 4.58. The van der Waals surface area contributed by atoms with Gasteiger partial charge in [0, 0.05) is 36.4 Å². The summed E-state index contributed by atoms with van der Waals surface area (Å²) < 4.78 is 17.0. The number of pyridine rings is 1. The molecule has 0 bridgehead atoms. The molecule has 0 saturated carbocycles. The number of aromatic nitrogens is 3. The van der Waals surface area contributed by atoms with Gasteiger partial charge >= 0.3 is 6.01 Å². The predicted octanol–water partition coefficient (Wildman–Crippen LogP) is 4.26. The second-order valence-electron chi connectivity index (χ2n) is 6.66. The summed E-state index contributed by atoms with van der Waals surface area (Å²) >= 11 is 0. The molecule has 0 aliphatic carbocycles. The zero-order valence-corrected chi connectivity index (χ0v) is 16.0. The Bertz CT molecular complexity index is 1150. The van der Waals surface area contributed by atoms with Crippen molar-refractivity contribution in [3.8, 4) is 23.0 Å².